The fourth-order valence-corrected chi connectivity index (χ4v) is 2.42. The second kappa shape index (κ2) is 7.94. The average Bonchev–Trinajstić information content (AvgIpc) is 3.01. The molecule has 3 rings (SSSR count). The lowest BCUT2D eigenvalue weighted by Gasteiger charge is -2.10. The van der Waals surface area contributed by atoms with Crippen LogP contribution in [-0.4, -0.2) is 31.9 Å². The van der Waals surface area contributed by atoms with Crippen molar-refractivity contribution in [2.24, 2.45) is 0 Å². The van der Waals surface area contributed by atoms with Crippen LogP contribution in [0.4, 0.5) is 4.39 Å². The highest BCUT2D eigenvalue weighted by Gasteiger charge is 2.13. The fraction of sp³-hybridized carbons (Fsp3) is 0.263. The van der Waals surface area contributed by atoms with Crippen molar-refractivity contribution in [3.63, 3.8) is 0 Å². The molecule has 3 aromatic rings. The summed E-state index contributed by atoms with van der Waals surface area (Å²) in [5.74, 6) is -0.125. The van der Waals surface area contributed by atoms with E-state index in [1.54, 1.807) is 28.9 Å². The molecule has 0 unspecified atom stereocenters. The van der Waals surface area contributed by atoms with Gasteiger partial charge in [0.15, 0.2) is 0 Å². The third-order valence-corrected chi connectivity index (χ3v) is 3.80. The molecule has 2 aromatic heterocycles. The molecule has 7 nitrogen and oxygen atoms in total. The minimum atomic E-state index is -0.320. The minimum absolute atomic E-state index is 0.0515. The summed E-state index contributed by atoms with van der Waals surface area (Å²) in [6, 6.07) is 9.30. The third kappa shape index (κ3) is 4.46. The number of hydrogen-bond acceptors (Lipinski definition) is 5. The topological polar surface area (TPSA) is 81.9 Å². The van der Waals surface area contributed by atoms with Crippen LogP contribution in [0.15, 0.2) is 42.6 Å². The maximum absolute atomic E-state index is 13.1. The molecule has 140 valence electrons. The molecular formula is C19H20FN5O2. The van der Waals surface area contributed by atoms with E-state index in [0.29, 0.717) is 22.8 Å². The maximum atomic E-state index is 13.1. The predicted molar refractivity (Wildman–Crippen MR) is 97.2 cm³/mol. The number of ether oxygens (including phenoxy) is 1. The number of aryl methyl sites for hydroxylation is 1. The Balaban J connectivity index is 1.71. The summed E-state index contributed by atoms with van der Waals surface area (Å²) in [4.78, 5) is 16.1. The van der Waals surface area contributed by atoms with Crippen LogP contribution in [0.1, 0.15) is 35.6 Å². The molecule has 0 aliphatic heterocycles. The van der Waals surface area contributed by atoms with Gasteiger partial charge in [-0.15, -0.1) is 5.10 Å². The van der Waals surface area contributed by atoms with E-state index in [1.807, 2.05) is 20.8 Å². The van der Waals surface area contributed by atoms with Crippen molar-refractivity contribution in [3.8, 4) is 11.6 Å². The molecule has 27 heavy (non-hydrogen) atoms. The largest absolute Gasteiger partial charge is 0.471 e. The number of benzene rings is 1. The Kier molecular flexibility index (Phi) is 5.44. The summed E-state index contributed by atoms with van der Waals surface area (Å²) in [7, 11) is 0. The number of carbonyl (C=O) groups is 1. The first-order valence-electron chi connectivity index (χ1n) is 8.51. The highest BCUT2D eigenvalue weighted by Crippen LogP contribution is 2.16. The predicted octanol–water partition coefficient (Wildman–Crippen LogP) is 2.83. The number of halogens is 1. The van der Waals surface area contributed by atoms with E-state index in [-0.39, 0.29) is 24.4 Å². The number of amides is 1. The van der Waals surface area contributed by atoms with Gasteiger partial charge in [0, 0.05) is 18.3 Å². The van der Waals surface area contributed by atoms with Crippen LogP contribution in [-0.2, 0) is 6.61 Å². The standard InChI is InChI=1S/C19H20FN5O2/c1-12(2)22-19(26)14-4-9-18(21-10-14)27-11-17-13(3)23-24-25(17)16-7-5-15(20)6-8-16/h4-10,12H,11H2,1-3H3,(H,22,26). The van der Waals surface area contributed by atoms with Crippen LogP contribution in [0.25, 0.3) is 5.69 Å². The van der Waals surface area contributed by atoms with E-state index in [0.717, 1.165) is 5.69 Å². The molecule has 0 radical (unpaired) electrons. The van der Waals surface area contributed by atoms with Gasteiger partial charge in [0.2, 0.25) is 5.88 Å². The highest BCUT2D eigenvalue weighted by molar-refractivity contribution is 5.94. The van der Waals surface area contributed by atoms with Crippen LogP contribution in [0.3, 0.4) is 0 Å². The molecule has 0 bridgehead atoms. The molecule has 2 heterocycles. The van der Waals surface area contributed by atoms with Gasteiger partial charge in [0.25, 0.3) is 5.91 Å². The quantitative estimate of drug-likeness (QED) is 0.722. The second-order valence-electron chi connectivity index (χ2n) is 6.31. The van der Waals surface area contributed by atoms with Gasteiger partial charge in [0.05, 0.1) is 16.9 Å². The van der Waals surface area contributed by atoms with Crippen LogP contribution in [0, 0.1) is 12.7 Å². The highest BCUT2D eigenvalue weighted by atomic mass is 19.1. The molecule has 8 heteroatoms. The summed E-state index contributed by atoms with van der Waals surface area (Å²) in [5.41, 5.74) is 2.58. The number of aromatic nitrogens is 4. The lowest BCUT2D eigenvalue weighted by molar-refractivity contribution is 0.0942. The number of nitrogens with one attached hydrogen (secondary N) is 1. The monoisotopic (exact) mass is 369 g/mol. The van der Waals surface area contributed by atoms with Gasteiger partial charge in [-0.25, -0.2) is 14.1 Å². The van der Waals surface area contributed by atoms with Crippen LogP contribution in [0.5, 0.6) is 5.88 Å². The molecule has 1 N–H and O–H groups in total. The number of pyridine rings is 1. The Hall–Kier alpha value is -3.29. The first-order chi connectivity index (χ1) is 12.9. The lowest BCUT2D eigenvalue weighted by atomic mass is 10.2. The molecule has 1 aromatic carbocycles. The average molecular weight is 369 g/mol. The molecule has 0 saturated carbocycles. The van der Waals surface area contributed by atoms with E-state index >= 15 is 0 Å². The zero-order valence-corrected chi connectivity index (χ0v) is 15.3. The fourth-order valence-electron chi connectivity index (χ4n) is 2.42. The van der Waals surface area contributed by atoms with E-state index in [1.165, 1.54) is 18.3 Å². The molecule has 0 fully saturated rings. The summed E-state index contributed by atoms with van der Waals surface area (Å²) in [6.45, 7) is 5.78. The zero-order chi connectivity index (χ0) is 19.4. The van der Waals surface area contributed by atoms with Gasteiger partial charge in [0.1, 0.15) is 18.1 Å². The third-order valence-electron chi connectivity index (χ3n) is 3.80. The van der Waals surface area contributed by atoms with Crippen molar-refractivity contribution in [1.82, 2.24) is 25.3 Å². The number of nitrogens with zero attached hydrogens (tertiary/aromatic N) is 4. The molecule has 1 amide bonds. The summed E-state index contributed by atoms with van der Waals surface area (Å²) in [6.07, 6.45) is 1.47. The van der Waals surface area contributed by atoms with Gasteiger partial charge < -0.3 is 10.1 Å². The minimum Gasteiger partial charge on any atom is -0.471 e. The van der Waals surface area contributed by atoms with E-state index in [4.69, 9.17) is 4.74 Å². The van der Waals surface area contributed by atoms with E-state index in [2.05, 4.69) is 20.6 Å². The Labute approximate surface area is 156 Å². The summed E-state index contributed by atoms with van der Waals surface area (Å²) in [5, 5.41) is 10.9. The first kappa shape index (κ1) is 18.5. The molecule has 0 atom stereocenters. The van der Waals surface area contributed by atoms with Gasteiger partial charge >= 0.3 is 0 Å². The SMILES string of the molecule is Cc1nnn(-c2ccc(F)cc2)c1COc1ccc(C(=O)NC(C)C)cn1. The van der Waals surface area contributed by atoms with Gasteiger partial charge in [-0.05, 0) is 51.1 Å². The van der Waals surface area contributed by atoms with Gasteiger partial charge in [-0.1, -0.05) is 5.21 Å². The van der Waals surface area contributed by atoms with Crippen molar-refractivity contribution in [2.45, 2.75) is 33.4 Å². The maximum Gasteiger partial charge on any atom is 0.253 e. The van der Waals surface area contributed by atoms with Crippen molar-refractivity contribution in [2.75, 3.05) is 0 Å². The molecule has 0 saturated heterocycles. The molecular weight excluding hydrogens is 349 g/mol. The van der Waals surface area contributed by atoms with Crippen molar-refractivity contribution >= 4 is 5.91 Å². The number of rotatable bonds is 6. The van der Waals surface area contributed by atoms with Crippen molar-refractivity contribution in [1.29, 1.82) is 0 Å². The second-order valence-corrected chi connectivity index (χ2v) is 6.31. The first-order valence-corrected chi connectivity index (χ1v) is 8.51. The Bertz CT molecular complexity index is 920. The van der Waals surface area contributed by atoms with Crippen molar-refractivity contribution in [3.05, 3.63) is 65.4 Å². The smallest absolute Gasteiger partial charge is 0.253 e. The van der Waals surface area contributed by atoms with Gasteiger partial charge in [-0.2, -0.15) is 0 Å². The molecule has 0 spiro atoms. The van der Waals surface area contributed by atoms with Crippen LogP contribution >= 0.6 is 0 Å². The lowest BCUT2D eigenvalue weighted by Crippen LogP contribution is -2.30. The normalized spacial score (nSPS) is 10.9. The zero-order valence-electron chi connectivity index (χ0n) is 15.3. The summed E-state index contributed by atoms with van der Waals surface area (Å²) < 4.78 is 20.4. The Morgan fingerprint density at radius 1 is 1.22 bits per heavy atom. The molecule has 0 aliphatic carbocycles. The van der Waals surface area contributed by atoms with Crippen molar-refractivity contribution < 1.29 is 13.9 Å². The van der Waals surface area contributed by atoms with Gasteiger partial charge in [-0.3, -0.25) is 4.79 Å². The number of carbonyl (C=O) groups excluding carboxylic acids is 1. The van der Waals surface area contributed by atoms with Crippen LogP contribution < -0.4 is 10.1 Å². The Morgan fingerprint density at radius 2 is 1.96 bits per heavy atom. The Morgan fingerprint density at radius 3 is 2.59 bits per heavy atom. The number of hydrogen-bond donors (Lipinski definition) is 1. The van der Waals surface area contributed by atoms with Crippen LogP contribution in [0.2, 0.25) is 0 Å². The van der Waals surface area contributed by atoms with E-state index < -0.39 is 0 Å². The molecule has 0 aliphatic rings. The van der Waals surface area contributed by atoms with E-state index in [9.17, 15) is 9.18 Å². The summed E-state index contributed by atoms with van der Waals surface area (Å²) >= 11 is 0.